The molecule has 2 aromatic rings. The fourth-order valence-electron chi connectivity index (χ4n) is 5.91. The van der Waals surface area contributed by atoms with Crippen molar-refractivity contribution in [2.24, 2.45) is 11.8 Å². The van der Waals surface area contributed by atoms with Crippen LogP contribution in [0.1, 0.15) is 55.0 Å². The van der Waals surface area contributed by atoms with Crippen LogP contribution in [-0.2, 0) is 13.0 Å². The number of aryl methyl sites for hydroxylation is 1. The molecule has 0 saturated heterocycles. The first-order chi connectivity index (χ1) is 13.6. The Labute approximate surface area is 167 Å². The number of halogens is 1. The highest BCUT2D eigenvalue weighted by Gasteiger charge is 2.35. The van der Waals surface area contributed by atoms with Crippen LogP contribution in [0.15, 0.2) is 42.3 Å². The minimum absolute atomic E-state index is 0.0640. The van der Waals surface area contributed by atoms with Gasteiger partial charge in [-0.05, 0) is 74.9 Å². The summed E-state index contributed by atoms with van der Waals surface area (Å²) in [5, 5.41) is 1.45. The first-order valence-corrected chi connectivity index (χ1v) is 11.0. The summed E-state index contributed by atoms with van der Waals surface area (Å²) in [7, 11) is 2.24. The number of likely N-dealkylation sites (N-methyl/N-ethyl adjacent to an activating group) is 1. The molecule has 2 aliphatic carbocycles. The largest absolute Gasteiger partial charge is 0.341 e. The van der Waals surface area contributed by atoms with Gasteiger partial charge in [0, 0.05) is 42.1 Å². The molecular formula is C25H31FN2. The highest BCUT2D eigenvalue weighted by atomic mass is 19.1. The monoisotopic (exact) mass is 378 g/mol. The first kappa shape index (κ1) is 18.2. The van der Waals surface area contributed by atoms with Gasteiger partial charge in [0.15, 0.2) is 0 Å². The third-order valence-electron chi connectivity index (χ3n) is 7.29. The second kappa shape index (κ2) is 7.18. The second-order valence-electron chi connectivity index (χ2n) is 9.17. The van der Waals surface area contributed by atoms with Gasteiger partial charge in [0.2, 0.25) is 0 Å². The van der Waals surface area contributed by atoms with E-state index in [1.807, 2.05) is 0 Å². The number of fused-ring (bicyclic) bond motifs is 3. The Balaban J connectivity index is 1.62. The van der Waals surface area contributed by atoms with Crippen molar-refractivity contribution >= 4 is 10.9 Å². The maximum atomic E-state index is 13.6. The Hall–Kier alpha value is -1.87. The SMILES string of the molecule is Cc1ccc2c(c1)c1c(n2[C@H]2CCCC[C@H]2C2C=CC(F)=CC2)CCN(C)C1. The van der Waals surface area contributed by atoms with Gasteiger partial charge in [-0.15, -0.1) is 0 Å². The van der Waals surface area contributed by atoms with Crippen LogP contribution in [0.25, 0.3) is 10.9 Å². The van der Waals surface area contributed by atoms with Crippen molar-refractivity contribution in [2.45, 2.75) is 58.0 Å². The van der Waals surface area contributed by atoms with Gasteiger partial charge in [-0.3, -0.25) is 0 Å². The molecule has 2 nitrogen and oxygen atoms in total. The van der Waals surface area contributed by atoms with Crippen molar-refractivity contribution in [3.63, 3.8) is 0 Å². The third kappa shape index (κ3) is 3.04. The van der Waals surface area contributed by atoms with E-state index in [-0.39, 0.29) is 5.83 Å². The normalized spacial score (nSPS) is 28.4. The molecule has 3 heteroatoms. The zero-order valence-corrected chi connectivity index (χ0v) is 17.1. The van der Waals surface area contributed by atoms with E-state index in [1.165, 1.54) is 42.1 Å². The maximum Gasteiger partial charge on any atom is 0.118 e. The Bertz CT molecular complexity index is 951. The van der Waals surface area contributed by atoms with Crippen molar-refractivity contribution < 1.29 is 4.39 Å². The predicted molar refractivity (Wildman–Crippen MR) is 114 cm³/mol. The molecule has 1 fully saturated rings. The Kier molecular flexibility index (Phi) is 4.66. The Morgan fingerprint density at radius 2 is 2.00 bits per heavy atom. The van der Waals surface area contributed by atoms with Crippen LogP contribution >= 0.6 is 0 Å². The van der Waals surface area contributed by atoms with E-state index in [0.717, 1.165) is 25.9 Å². The van der Waals surface area contributed by atoms with E-state index in [1.54, 1.807) is 23.4 Å². The van der Waals surface area contributed by atoms with Gasteiger partial charge in [0.25, 0.3) is 0 Å². The van der Waals surface area contributed by atoms with Crippen LogP contribution in [0, 0.1) is 18.8 Å². The molecule has 3 atom stereocenters. The molecule has 1 aromatic carbocycles. The minimum atomic E-state index is -0.0640. The molecule has 5 rings (SSSR count). The van der Waals surface area contributed by atoms with Crippen molar-refractivity contribution in [2.75, 3.05) is 13.6 Å². The molecular weight excluding hydrogens is 347 g/mol. The molecule has 0 radical (unpaired) electrons. The number of rotatable bonds is 2. The van der Waals surface area contributed by atoms with Gasteiger partial charge in [-0.2, -0.15) is 0 Å². The van der Waals surface area contributed by atoms with Crippen LogP contribution in [-0.4, -0.2) is 23.1 Å². The molecule has 148 valence electrons. The second-order valence-corrected chi connectivity index (χ2v) is 9.17. The fraction of sp³-hybridized carbons (Fsp3) is 0.520. The van der Waals surface area contributed by atoms with Crippen LogP contribution in [0.3, 0.4) is 0 Å². The topological polar surface area (TPSA) is 8.17 Å². The molecule has 1 saturated carbocycles. The zero-order chi connectivity index (χ0) is 19.3. The number of hydrogen-bond acceptors (Lipinski definition) is 1. The summed E-state index contributed by atoms with van der Waals surface area (Å²) < 4.78 is 16.3. The summed E-state index contributed by atoms with van der Waals surface area (Å²) in [6, 6.07) is 7.55. The Morgan fingerprint density at radius 1 is 1.14 bits per heavy atom. The van der Waals surface area contributed by atoms with E-state index in [9.17, 15) is 4.39 Å². The van der Waals surface area contributed by atoms with Crippen molar-refractivity contribution in [1.29, 1.82) is 0 Å². The predicted octanol–water partition coefficient (Wildman–Crippen LogP) is 6.10. The van der Waals surface area contributed by atoms with Gasteiger partial charge in [-0.25, -0.2) is 4.39 Å². The molecule has 3 aliphatic rings. The number of benzene rings is 1. The zero-order valence-electron chi connectivity index (χ0n) is 17.1. The lowest BCUT2D eigenvalue weighted by Crippen LogP contribution is -2.32. The molecule has 0 amide bonds. The quantitative estimate of drug-likeness (QED) is 0.613. The van der Waals surface area contributed by atoms with Gasteiger partial charge >= 0.3 is 0 Å². The summed E-state index contributed by atoms with van der Waals surface area (Å²) in [4.78, 5) is 2.45. The van der Waals surface area contributed by atoms with E-state index >= 15 is 0 Å². The van der Waals surface area contributed by atoms with E-state index in [2.05, 4.69) is 47.7 Å². The number of aromatic nitrogens is 1. The fourth-order valence-corrected chi connectivity index (χ4v) is 5.91. The van der Waals surface area contributed by atoms with Gasteiger partial charge in [0.1, 0.15) is 5.83 Å². The van der Waals surface area contributed by atoms with Crippen LogP contribution in [0.2, 0.25) is 0 Å². The maximum absolute atomic E-state index is 13.6. The third-order valence-corrected chi connectivity index (χ3v) is 7.29. The lowest BCUT2D eigenvalue weighted by molar-refractivity contribution is 0.187. The van der Waals surface area contributed by atoms with Crippen molar-refractivity contribution in [1.82, 2.24) is 9.47 Å². The van der Waals surface area contributed by atoms with Gasteiger partial charge < -0.3 is 9.47 Å². The highest BCUT2D eigenvalue weighted by Crippen LogP contribution is 2.45. The molecule has 1 unspecified atom stereocenters. The van der Waals surface area contributed by atoms with Crippen LogP contribution < -0.4 is 0 Å². The van der Waals surface area contributed by atoms with Gasteiger partial charge in [0.05, 0.1) is 0 Å². The molecule has 0 N–H and O–H groups in total. The molecule has 1 aliphatic heterocycles. The first-order valence-electron chi connectivity index (χ1n) is 11.0. The molecule has 0 spiro atoms. The van der Waals surface area contributed by atoms with E-state index in [0.29, 0.717) is 17.9 Å². The number of hydrogen-bond donors (Lipinski definition) is 0. The minimum Gasteiger partial charge on any atom is -0.341 e. The van der Waals surface area contributed by atoms with E-state index < -0.39 is 0 Å². The average Bonchev–Trinajstić information content (AvgIpc) is 3.01. The van der Waals surface area contributed by atoms with Gasteiger partial charge in [-0.1, -0.05) is 30.5 Å². The Morgan fingerprint density at radius 3 is 2.82 bits per heavy atom. The smallest absolute Gasteiger partial charge is 0.118 e. The molecule has 28 heavy (non-hydrogen) atoms. The summed E-state index contributed by atoms with van der Waals surface area (Å²) in [5.74, 6) is 1.01. The number of nitrogens with zero attached hydrogens (tertiary/aromatic N) is 2. The molecule has 0 bridgehead atoms. The lowest BCUT2D eigenvalue weighted by atomic mass is 9.74. The van der Waals surface area contributed by atoms with Crippen LogP contribution in [0.4, 0.5) is 4.39 Å². The lowest BCUT2D eigenvalue weighted by Gasteiger charge is -2.39. The van der Waals surface area contributed by atoms with E-state index in [4.69, 9.17) is 0 Å². The summed E-state index contributed by atoms with van der Waals surface area (Å²) in [5.41, 5.74) is 5.88. The molecule has 2 heterocycles. The number of allylic oxidation sites excluding steroid dienone is 4. The standard InChI is InChI=1S/C25H31FN2/c1-17-7-12-24-21(15-17)22-16-27(2)14-13-25(22)28(24)23-6-4-3-5-20(23)18-8-10-19(26)11-9-18/h7-8,10-12,15,18,20,23H,3-6,9,13-14,16H2,1-2H3/t18?,20-,23-/m0/s1. The van der Waals surface area contributed by atoms with Crippen molar-refractivity contribution in [3.05, 3.63) is 59.1 Å². The highest BCUT2D eigenvalue weighted by molar-refractivity contribution is 5.86. The van der Waals surface area contributed by atoms with Crippen LogP contribution in [0.5, 0.6) is 0 Å². The van der Waals surface area contributed by atoms with Crippen molar-refractivity contribution in [3.8, 4) is 0 Å². The molecule has 1 aromatic heterocycles. The summed E-state index contributed by atoms with van der Waals surface area (Å²) in [6.45, 7) is 4.39. The summed E-state index contributed by atoms with van der Waals surface area (Å²) in [6.07, 6.45) is 12.7. The summed E-state index contributed by atoms with van der Waals surface area (Å²) >= 11 is 0. The average molecular weight is 379 g/mol.